The van der Waals surface area contributed by atoms with E-state index >= 15 is 0 Å². The molecule has 0 radical (unpaired) electrons. The highest BCUT2D eigenvalue weighted by molar-refractivity contribution is 5.95. The van der Waals surface area contributed by atoms with Crippen LogP contribution >= 0.6 is 0 Å². The molecule has 3 aromatic rings. The normalized spacial score (nSPS) is 12.1. The number of nitrogens with one attached hydrogen (secondary N) is 1. The summed E-state index contributed by atoms with van der Waals surface area (Å²) in [5.74, 6) is -0.444. The molecule has 0 saturated carbocycles. The topological polar surface area (TPSA) is 119 Å². The SMILES string of the molecule is CC(C)Cn1c(Cn2cccc(NC(=O)C(CC/C=C/C(=O)N(C)C)OC(=O)N(C)C)c2=O)nc2cc(F)ccc21. The molecule has 11 nitrogen and oxygen atoms in total. The maximum Gasteiger partial charge on any atom is 0.410 e. The Hall–Kier alpha value is -4.48. The summed E-state index contributed by atoms with van der Waals surface area (Å²) in [7, 11) is 6.22. The van der Waals surface area contributed by atoms with Gasteiger partial charge in [-0.15, -0.1) is 0 Å². The molecule has 0 aliphatic carbocycles. The zero-order chi connectivity index (χ0) is 30.3. The quantitative estimate of drug-likeness (QED) is 0.354. The number of benzene rings is 1. The summed E-state index contributed by atoms with van der Waals surface area (Å²) in [6, 6.07) is 7.48. The van der Waals surface area contributed by atoms with E-state index in [1.54, 1.807) is 38.5 Å². The maximum absolute atomic E-state index is 13.9. The summed E-state index contributed by atoms with van der Waals surface area (Å²) in [5.41, 5.74) is 0.771. The Bertz CT molecular complexity index is 1490. The highest BCUT2D eigenvalue weighted by atomic mass is 19.1. The van der Waals surface area contributed by atoms with Crippen LogP contribution in [0.15, 0.2) is 53.5 Å². The molecule has 0 aliphatic rings. The van der Waals surface area contributed by atoms with Gasteiger partial charge in [0.1, 0.15) is 17.3 Å². The molecule has 3 rings (SSSR count). The number of pyridine rings is 1. The molecular weight excluding hydrogens is 531 g/mol. The summed E-state index contributed by atoms with van der Waals surface area (Å²) in [4.78, 5) is 57.7. The number of carbonyl (C=O) groups is 3. The highest BCUT2D eigenvalue weighted by Gasteiger charge is 2.24. The fourth-order valence-corrected chi connectivity index (χ4v) is 4.02. The van der Waals surface area contributed by atoms with Crippen LogP contribution in [0.3, 0.4) is 0 Å². The van der Waals surface area contributed by atoms with E-state index in [9.17, 15) is 23.6 Å². The van der Waals surface area contributed by atoms with E-state index in [-0.39, 0.29) is 36.9 Å². The van der Waals surface area contributed by atoms with Crippen LogP contribution in [0.4, 0.5) is 14.9 Å². The molecule has 0 bridgehead atoms. The van der Waals surface area contributed by atoms with Gasteiger partial charge in [-0.1, -0.05) is 19.9 Å². The number of anilines is 1. The Morgan fingerprint density at radius 3 is 2.51 bits per heavy atom. The molecule has 3 amide bonds. The lowest BCUT2D eigenvalue weighted by Gasteiger charge is -2.20. The van der Waals surface area contributed by atoms with Gasteiger partial charge in [-0.05, 0) is 49.1 Å². The third-order valence-corrected chi connectivity index (χ3v) is 6.12. The molecule has 12 heteroatoms. The molecule has 1 atom stereocenters. The number of likely N-dealkylation sites (N-methyl/N-ethyl adjacent to an activating group) is 1. The number of rotatable bonds is 11. The van der Waals surface area contributed by atoms with Crippen LogP contribution in [0.2, 0.25) is 0 Å². The zero-order valence-corrected chi connectivity index (χ0v) is 24.3. The minimum absolute atomic E-state index is 0.000653. The number of ether oxygens (including phenoxy) is 1. The second-order valence-electron chi connectivity index (χ2n) is 10.5. The lowest BCUT2D eigenvalue weighted by Crippen LogP contribution is -2.37. The Kier molecular flexibility index (Phi) is 10.4. The van der Waals surface area contributed by atoms with Gasteiger partial charge in [-0.25, -0.2) is 14.2 Å². The number of hydrogen-bond acceptors (Lipinski definition) is 6. The first-order valence-electron chi connectivity index (χ1n) is 13.3. The molecule has 1 unspecified atom stereocenters. The van der Waals surface area contributed by atoms with Crippen molar-refractivity contribution in [2.75, 3.05) is 33.5 Å². The van der Waals surface area contributed by atoms with E-state index < -0.39 is 29.5 Å². The fraction of sp³-hybridized carbons (Fsp3) is 0.414. The summed E-state index contributed by atoms with van der Waals surface area (Å²) in [6.07, 6.45) is 3.00. The first-order valence-corrected chi connectivity index (χ1v) is 13.3. The molecule has 0 fully saturated rings. The smallest absolute Gasteiger partial charge is 0.410 e. The average Bonchev–Trinajstić information content (AvgIpc) is 3.22. The summed E-state index contributed by atoms with van der Waals surface area (Å²) in [5, 5.41) is 2.59. The van der Waals surface area contributed by atoms with E-state index in [1.165, 1.54) is 52.7 Å². The van der Waals surface area contributed by atoms with Gasteiger partial charge in [-0.3, -0.25) is 14.4 Å². The number of amides is 3. The minimum atomic E-state index is -1.21. The molecule has 0 saturated heterocycles. The standard InChI is InChI=1S/C29H37FN6O5/c1-19(2)17-36-23-14-13-20(30)16-22(23)31-25(36)18-35-15-9-10-21(28(35)39)32-27(38)24(41-29(40)34(5)6)11-7-8-12-26(37)33(3)4/h8-10,12-16,19,24H,7,11,17-18H2,1-6H3,(H,32,38)/b12-8+. The maximum atomic E-state index is 13.9. The third kappa shape index (κ3) is 8.26. The molecule has 1 aromatic carbocycles. The van der Waals surface area contributed by atoms with Crippen LogP contribution in [0.5, 0.6) is 0 Å². The number of aromatic nitrogens is 3. The van der Waals surface area contributed by atoms with Crippen molar-refractivity contribution in [2.45, 2.75) is 45.9 Å². The molecule has 0 spiro atoms. The van der Waals surface area contributed by atoms with Gasteiger partial charge in [0.2, 0.25) is 5.91 Å². The summed E-state index contributed by atoms with van der Waals surface area (Å²) < 4.78 is 22.6. The predicted octanol–water partition coefficient (Wildman–Crippen LogP) is 3.47. The van der Waals surface area contributed by atoms with Crippen molar-refractivity contribution in [2.24, 2.45) is 5.92 Å². The Morgan fingerprint density at radius 2 is 1.85 bits per heavy atom. The monoisotopic (exact) mass is 568 g/mol. The molecule has 0 aliphatic heterocycles. The van der Waals surface area contributed by atoms with Crippen LogP contribution in [0.1, 0.15) is 32.5 Å². The van der Waals surface area contributed by atoms with Crippen LogP contribution in [0, 0.1) is 11.7 Å². The minimum Gasteiger partial charge on any atom is -0.436 e. The van der Waals surface area contributed by atoms with E-state index in [4.69, 9.17) is 4.74 Å². The predicted molar refractivity (Wildman–Crippen MR) is 154 cm³/mol. The molecule has 2 heterocycles. The number of fused-ring (bicyclic) bond motifs is 1. The second-order valence-corrected chi connectivity index (χ2v) is 10.5. The number of nitrogens with zero attached hydrogens (tertiary/aromatic N) is 5. The van der Waals surface area contributed by atoms with E-state index in [1.807, 2.05) is 4.57 Å². The van der Waals surface area contributed by atoms with Crippen molar-refractivity contribution >= 4 is 34.6 Å². The number of halogens is 1. The molecule has 220 valence electrons. The third-order valence-electron chi connectivity index (χ3n) is 6.12. The zero-order valence-electron chi connectivity index (χ0n) is 24.3. The lowest BCUT2D eigenvalue weighted by atomic mass is 10.1. The van der Waals surface area contributed by atoms with Crippen molar-refractivity contribution in [3.05, 3.63) is 70.7 Å². The van der Waals surface area contributed by atoms with Gasteiger partial charge in [0.25, 0.3) is 11.5 Å². The molecule has 41 heavy (non-hydrogen) atoms. The van der Waals surface area contributed by atoms with Crippen LogP contribution in [-0.4, -0.2) is 76.1 Å². The van der Waals surface area contributed by atoms with Gasteiger partial charge in [0.15, 0.2) is 6.10 Å². The van der Waals surface area contributed by atoms with Crippen LogP contribution < -0.4 is 10.9 Å². The van der Waals surface area contributed by atoms with E-state index in [2.05, 4.69) is 24.1 Å². The van der Waals surface area contributed by atoms with Crippen molar-refractivity contribution in [3.63, 3.8) is 0 Å². The first kappa shape index (κ1) is 31.1. The lowest BCUT2D eigenvalue weighted by molar-refractivity contribution is -0.125. The summed E-state index contributed by atoms with van der Waals surface area (Å²) >= 11 is 0. The largest absolute Gasteiger partial charge is 0.436 e. The van der Waals surface area contributed by atoms with Crippen molar-refractivity contribution in [3.8, 4) is 0 Å². The van der Waals surface area contributed by atoms with Gasteiger partial charge < -0.3 is 29.0 Å². The Balaban J connectivity index is 1.83. The van der Waals surface area contributed by atoms with E-state index in [0.717, 1.165) is 5.52 Å². The van der Waals surface area contributed by atoms with Crippen LogP contribution in [0.25, 0.3) is 11.0 Å². The Morgan fingerprint density at radius 1 is 1.12 bits per heavy atom. The van der Waals surface area contributed by atoms with Gasteiger partial charge in [0, 0.05) is 47.0 Å². The number of carbonyl (C=O) groups excluding carboxylic acids is 3. The van der Waals surface area contributed by atoms with Crippen molar-refractivity contribution in [1.29, 1.82) is 0 Å². The van der Waals surface area contributed by atoms with E-state index in [0.29, 0.717) is 17.9 Å². The molecule has 1 N–H and O–H groups in total. The number of allylic oxidation sites excluding steroid dienone is 1. The number of hydrogen-bond donors (Lipinski definition) is 1. The summed E-state index contributed by atoms with van der Waals surface area (Å²) in [6.45, 7) is 4.82. The second kappa shape index (κ2) is 13.7. The fourth-order valence-electron chi connectivity index (χ4n) is 4.02. The number of imidazole rings is 1. The Labute approximate surface area is 238 Å². The van der Waals surface area contributed by atoms with Crippen LogP contribution in [-0.2, 0) is 27.4 Å². The molecular formula is C29H37FN6O5. The van der Waals surface area contributed by atoms with Gasteiger partial charge >= 0.3 is 6.09 Å². The van der Waals surface area contributed by atoms with Gasteiger partial charge in [-0.2, -0.15) is 0 Å². The van der Waals surface area contributed by atoms with Gasteiger partial charge in [0.05, 0.1) is 17.6 Å². The average molecular weight is 569 g/mol. The first-order chi connectivity index (χ1) is 19.4. The molecule has 2 aromatic heterocycles. The van der Waals surface area contributed by atoms with Crippen molar-refractivity contribution in [1.82, 2.24) is 23.9 Å². The van der Waals surface area contributed by atoms with Crippen molar-refractivity contribution < 1.29 is 23.5 Å². The highest BCUT2D eigenvalue weighted by Crippen LogP contribution is 2.20.